The molecule has 0 saturated heterocycles. The van der Waals surface area contributed by atoms with Crippen molar-refractivity contribution < 1.29 is 14.7 Å². The zero-order chi connectivity index (χ0) is 19.7. The highest BCUT2D eigenvalue weighted by Crippen LogP contribution is 2.28. The Morgan fingerprint density at radius 2 is 2.04 bits per heavy atom. The van der Waals surface area contributed by atoms with E-state index in [2.05, 4.69) is 10.4 Å². The van der Waals surface area contributed by atoms with Crippen LogP contribution in [0, 0.1) is 5.92 Å². The summed E-state index contributed by atoms with van der Waals surface area (Å²) in [6.45, 7) is 2.63. The number of carbonyl (C=O) groups is 2. The van der Waals surface area contributed by atoms with Crippen LogP contribution < -0.4 is 5.32 Å². The molecule has 1 fully saturated rings. The van der Waals surface area contributed by atoms with Crippen molar-refractivity contribution in [3.63, 3.8) is 0 Å². The average molecular weight is 378 g/mol. The van der Waals surface area contributed by atoms with Crippen LogP contribution in [0.3, 0.4) is 0 Å². The molecule has 2 atom stereocenters. The number of aromatic nitrogens is 3. The van der Waals surface area contributed by atoms with E-state index in [9.17, 15) is 14.7 Å². The lowest BCUT2D eigenvalue weighted by Crippen LogP contribution is -2.33. The molecule has 1 saturated carbocycles. The largest absolute Gasteiger partial charge is 0.481 e. The van der Waals surface area contributed by atoms with Gasteiger partial charge in [0.05, 0.1) is 28.8 Å². The van der Waals surface area contributed by atoms with Crippen LogP contribution in [-0.2, 0) is 11.3 Å². The normalized spacial score (nSPS) is 19.0. The number of rotatable bonds is 5. The second-order valence-corrected chi connectivity index (χ2v) is 7.14. The Bertz CT molecular complexity index is 1030. The van der Waals surface area contributed by atoms with Crippen LogP contribution >= 0.6 is 0 Å². The van der Waals surface area contributed by atoms with Crippen molar-refractivity contribution in [1.82, 2.24) is 20.1 Å². The van der Waals surface area contributed by atoms with Crippen LogP contribution in [0.4, 0.5) is 0 Å². The maximum Gasteiger partial charge on any atom is 0.306 e. The summed E-state index contributed by atoms with van der Waals surface area (Å²) < 4.78 is 1.77. The van der Waals surface area contributed by atoms with E-state index >= 15 is 0 Å². The number of hydrogen-bond acceptors (Lipinski definition) is 4. The average Bonchev–Trinajstić information content (AvgIpc) is 3.34. The molecule has 7 heteroatoms. The summed E-state index contributed by atoms with van der Waals surface area (Å²) in [5.74, 6) is -1.39. The summed E-state index contributed by atoms with van der Waals surface area (Å²) in [5.41, 5.74) is 2.82. The summed E-state index contributed by atoms with van der Waals surface area (Å²) in [6, 6.07) is 11.4. The predicted octanol–water partition coefficient (Wildman–Crippen LogP) is 3.10. The Morgan fingerprint density at radius 3 is 2.71 bits per heavy atom. The van der Waals surface area contributed by atoms with Gasteiger partial charge in [-0.3, -0.25) is 9.59 Å². The van der Waals surface area contributed by atoms with Gasteiger partial charge in [0.1, 0.15) is 0 Å². The first-order valence-corrected chi connectivity index (χ1v) is 9.52. The lowest BCUT2D eigenvalue weighted by molar-refractivity contribution is -0.141. The molecular formula is C21H22N4O3. The van der Waals surface area contributed by atoms with E-state index in [-0.39, 0.29) is 17.9 Å². The van der Waals surface area contributed by atoms with Gasteiger partial charge in [-0.25, -0.2) is 9.67 Å². The van der Waals surface area contributed by atoms with Gasteiger partial charge in [-0.2, -0.15) is 5.10 Å². The molecule has 7 nitrogen and oxygen atoms in total. The Labute approximate surface area is 162 Å². The Hall–Kier alpha value is -3.22. The zero-order valence-corrected chi connectivity index (χ0v) is 15.6. The van der Waals surface area contributed by atoms with Crippen LogP contribution in [-0.4, -0.2) is 37.8 Å². The number of nitrogens with zero attached hydrogens (tertiary/aromatic N) is 3. The highest BCUT2D eigenvalue weighted by molar-refractivity contribution is 6.06. The van der Waals surface area contributed by atoms with Crippen molar-refractivity contribution in [2.24, 2.45) is 5.92 Å². The Kier molecular flexibility index (Phi) is 4.81. The first-order chi connectivity index (χ1) is 13.6. The predicted molar refractivity (Wildman–Crippen MR) is 105 cm³/mol. The minimum Gasteiger partial charge on any atom is -0.481 e. The first-order valence-electron chi connectivity index (χ1n) is 9.52. The molecule has 2 aromatic heterocycles. The number of carbonyl (C=O) groups excluding carboxylic acids is 1. The number of carboxylic acids is 1. The van der Waals surface area contributed by atoms with Gasteiger partial charge in [0.15, 0.2) is 5.65 Å². The van der Waals surface area contributed by atoms with Crippen LogP contribution in [0.25, 0.3) is 22.3 Å². The fraction of sp³-hybridized carbons (Fsp3) is 0.333. The lowest BCUT2D eigenvalue weighted by atomic mass is 10.1. The van der Waals surface area contributed by atoms with E-state index in [1.54, 1.807) is 16.9 Å². The van der Waals surface area contributed by atoms with Gasteiger partial charge in [-0.05, 0) is 32.3 Å². The molecule has 1 aliphatic rings. The van der Waals surface area contributed by atoms with Crippen LogP contribution in [0.15, 0.2) is 42.6 Å². The minimum absolute atomic E-state index is 0.127. The molecule has 1 aromatic carbocycles. The molecule has 0 radical (unpaired) electrons. The van der Waals surface area contributed by atoms with Crippen LogP contribution in [0.2, 0.25) is 0 Å². The van der Waals surface area contributed by atoms with Crippen molar-refractivity contribution in [2.75, 3.05) is 0 Å². The smallest absolute Gasteiger partial charge is 0.306 e. The van der Waals surface area contributed by atoms with Gasteiger partial charge in [-0.1, -0.05) is 30.3 Å². The fourth-order valence-electron chi connectivity index (χ4n) is 3.82. The molecule has 1 amide bonds. The number of hydrogen-bond donors (Lipinski definition) is 2. The van der Waals surface area contributed by atoms with Crippen molar-refractivity contribution in [3.05, 3.63) is 48.2 Å². The summed E-state index contributed by atoms with van der Waals surface area (Å²) in [7, 11) is 0. The number of benzene rings is 1. The molecule has 0 aliphatic heterocycles. The van der Waals surface area contributed by atoms with E-state index in [0.29, 0.717) is 48.1 Å². The summed E-state index contributed by atoms with van der Waals surface area (Å²) in [4.78, 5) is 29.0. The number of aryl methyl sites for hydroxylation is 1. The molecule has 0 bridgehead atoms. The van der Waals surface area contributed by atoms with Gasteiger partial charge < -0.3 is 10.4 Å². The zero-order valence-electron chi connectivity index (χ0n) is 15.6. The minimum atomic E-state index is -0.793. The van der Waals surface area contributed by atoms with Crippen LogP contribution in [0.1, 0.15) is 36.5 Å². The highest BCUT2D eigenvalue weighted by atomic mass is 16.4. The quantitative estimate of drug-likeness (QED) is 0.711. The second kappa shape index (κ2) is 7.42. The van der Waals surface area contributed by atoms with Gasteiger partial charge >= 0.3 is 5.97 Å². The molecule has 4 rings (SSSR count). The number of nitrogens with one attached hydrogen (secondary N) is 1. The molecule has 0 spiro atoms. The lowest BCUT2D eigenvalue weighted by Gasteiger charge is -2.14. The summed E-state index contributed by atoms with van der Waals surface area (Å²) >= 11 is 0. The first kappa shape index (κ1) is 18.2. The standard InChI is InChI=1S/C21H22N4O3/c1-2-25-19-17(12-22-25)16(11-18(24-19)13-6-4-3-5-7-13)20(26)23-15-9-8-14(10-15)21(27)28/h3-7,11-12,14-15H,2,8-10H2,1H3,(H,23,26)(H,27,28)/t14-,15+/m1/s1. The summed E-state index contributed by atoms with van der Waals surface area (Å²) in [6.07, 6.45) is 3.41. The number of amides is 1. The van der Waals surface area contributed by atoms with Crippen molar-refractivity contribution in [3.8, 4) is 11.3 Å². The number of fused-ring (bicyclic) bond motifs is 1. The third-order valence-corrected chi connectivity index (χ3v) is 5.34. The summed E-state index contributed by atoms with van der Waals surface area (Å²) in [5, 5.41) is 17.3. The SMILES string of the molecule is CCn1ncc2c(C(=O)N[C@H]3CC[C@@H](C(=O)O)C3)cc(-c3ccccc3)nc21. The van der Waals surface area contributed by atoms with E-state index < -0.39 is 5.97 Å². The van der Waals surface area contributed by atoms with Crippen molar-refractivity contribution >= 4 is 22.9 Å². The molecule has 2 heterocycles. The van der Waals surface area contributed by atoms with E-state index in [0.717, 1.165) is 5.56 Å². The molecule has 28 heavy (non-hydrogen) atoms. The third-order valence-electron chi connectivity index (χ3n) is 5.34. The number of pyridine rings is 1. The van der Waals surface area contributed by atoms with Gasteiger partial charge in [0, 0.05) is 18.2 Å². The fourth-order valence-corrected chi connectivity index (χ4v) is 3.82. The molecule has 3 aromatic rings. The van der Waals surface area contributed by atoms with E-state index in [4.69, 9.17) is 4.98 Å². The van der Waals surface area contributed by atoms with Gasteiger partial charge in [0.2, 0.25) is 0 Å². The Morgan fingerprint density at radius 1 is 1.25 bits per heavy atom. The third kappa shape index (κ3) is 3.35. The maximum atomic E-state index is 13.0. The topological polar surface area (TPSA) is 97.1 Å². The Balaban J connectivity index is 1.70. The number of carboxylic acid groups (broad SMARTS) is 1. The monoisotopic (exact) mass is 378 g/mol. The molecule has 144 valence electrons. The maximum absolute atomic E-state index is 13.0. The highest BCUT2D eigenvalue weighted by Gasteiger charge is 2.31. The number of aliphatic carboxylic acids is 1. The van der Waals surface area contributed by atoms with E-state index in [1.807, 2.05) is 37.3 Å². The molecule has 0 unspecified atom stereocenters. The molecule has 2 N–H and O–H groups in total. The van der Waals surface area contributed by atoms with Gasteiger partial charge in [0.25, 0.3) is 5.91 Å². The molecule has 1 aliphatic carbocycles. The van der Waals surface area contributed by atoms with Crippen LogP contribution in [0.5, 0.6) is 0 Å². The second-order valence-electron chi connectivity index (χ2n) is 7.14. The van der Waals surface area contributed by atoms with Crippen molar-refractivity contribution in [1.29, 1.82) is 0 Å². The van der Waals surface area contributed by atoms with Crippen molar-refractivity contribution in [2.45, 2.75) is 38.8 Å². The van der Waals surface area contributed by atoms with Gasteiger partial charge in [-0.15, -0.1) is 0 Å². The molecular weight excluding hydrogens is 356 g/mol. The van der Waals surface area contributed by atoms with E-state index in [1.165, 1.54) is 0 Å².